The summed E-state index contributed by atoms with van der Waals surface area (Å²) in [4.78, 5) is 6.04. The van der Waals surface area contributed by atoms with E-state index in [1.54, 1.807) is 4.90 Å². The SMILES string of the molecule is CCOc1ccc2nc(N3CC(C(F)(F)F)C3)sc2c1. The third kappa shape index (κ3) is 2.42. The monoisotopic (exact) mass is 302 g/mol. The van der Waals surface area contributed by atoms with Gasteiger partial charge in [0.15, 0.2) is 5.13 Å². The Morgan fingerprint density at radius 1 is 1.40 bits per heavy atom. The highest BCUT2D eigenvalue weighted by Crippen LogP contribution is 2.39. The summed E-state index contributed by atoms with van der Waals surface area (Å²) in [5.41, 5.74) is 0.795. The average molecular weight is 302 g/mol. The number of hydrogen-bond donors (Lipinski definition) is 0. The van der Waals surface area contributed by atoms with Crippen LogP contribution >= 0.6 is 11.3 Å². The Morgan fingerprint density at radius 3 is 2.80 bits per heavy atom. The Balaban J connectivity index is 1.77. The summed E-state index contributed by atoms with van der Waals surface area (Å²) >= 11 is 1.40. The minimum absolute atomic E-state index is 0.00163. The van der Waals surface area contributed by atoms with Crippen LogP contribution in [0.4, 0.5) is 18.3 Å². The highest BCUT2D eigenvalue weighted by atomic mass is 32.1. The van der Waals surface area contributed by atoms with E-state index < -0.39 is 12.1 Å². The van der Waals surface area contributed by atoms with Gasteiger partial charge in [-0.25, -0.2) is 4.98 Å². The number of benzene rings is 1. The lowest BCUT2D eigenvalue weighted by Gasteiger charge is -2.39. The van der Waals surface area contributed by atoms with E-state index in [1.165, 1.54) is 11.3 Å². The van der Waals surface area contributed by atoms with E-state index in [1.807, 2.05) is 25.1 Å². The van der Waals surface area contributed by atoms with E-state index >= 15 is 0 Å². The number of anilines is 1. The van der Waals surface area contributed by atoms with Gasteiger partial charge in [0, 0.05) is 13.1 Å². The van der Waals surface area contributed by atoms with Crippen LogP contribution in [0.25, 0.3) is 10.2 Å². The molecule has 20 heavy (non-hydrogen) atoms. The van der Waals surface area contributed by atoms with Crippen molar-refractivity contribution in [3.05, 3.63) is 18.2 Å². The normalized spacial score (nSPS) is 16.5. The predicted molar refractivity (Wildman–Crippen MR) is 72.5 cm³/mol. The van der Waals surface area contributed by atoms with Gasteiger partial charge in [-0.3, -0.25) is 0 Å². The number of halogens is 3. The first-order valence-corrected chi connectivity index (χ1v) is 7.14. The minimum atomic E-state index is -4.10. The third-order valence-corrected chi connectivity index (χ3v) is 4.35. The first-order valence-electron chi connectivity index (χ1n) is 6.32. The second-order valence-electron chi connectivity index (χ2n) is 4.70. The van der Waals surface area contributed by atoms with Crippen LogP contribution < -0.4 is 9.64 Å². The molecular formula is C13H13F3N2OS. The average Bonchev–Trinajstić information content (AvgIpc) is 2.67. The molecule has 0 bridgehead atoms. The molecule has 0 N–H and O–H groups in total. The summed E-state index contributed by atoms with van der Waals surface area (Å²) in [5, 5.41) is 0.647. The van der Waals surface area contributed by atoms with Gasteiger partial charge in [0.1, 0.15) is 5.75 Å². The van der Waals surface area contributed by atoms with E-state index in [-0.39, 0.29) is 13.1 Å². The van der Waals surface area contributed by atoms with Gasteiger partial charge in [0.2, 0.25) is 0 Å². The molecule has 1 aromatic heterocycles. The van der Waals surface area contributed by atoms with Crippen molar-refractivity contribution in [1.29, 1.82) is 0 Å². The van der Waals surface area contributed by atoms with Crippen molar-refractivity contribution in [2.45, 2.75) is 13.1 Å². The van der Waals surface area contributed by atoms with Gasteiger partial charge >= 0.3 is 6.18 Å². The molecule has 0 spiro atoms. The van der Waals surface area contributed by atoms with Gasteiger partial charge in [0.25, 0.3) is 0 Å². The molecule has 3 nitrogen and oxygen atoms in total. The summed E-state index contributed by atoms with van der Waals surface area (Å²) in [6.45, 7) is 2.49. The minimum Gasteiger partial charge on any atom is -0.494 e. The Hall–Kier alpha value is -1.50. The highest BCUT2D eigenvalue weighted by molar-refractivity contribution is 7.22. The summed E-state index contributed by atoms with van der Waals surface area (Å²) in [7, 11) is 0. The molecule has 0 radical (unpaired) electrons. The fraction of sp³-hybridized carbons (Fsp3) is 0.462. The van der Waals surface area contributed by atoms with E-state index in [9.17, 15) is 13.2 Å². The standard InChI is InChI=1S/C13H13F3N2OS/c1-2-19-9-3-4-10-11(5-9)20-12(17-10)18-6-8(7-18)13(14,15)16/h3-5,8H,2,6-7H2,1H3. The molecule has 0 aliphatic carbocycles. The molecule has 1 fully saturated rings. The molecule has 2 heterocycles. The van der Waals surface area contributed by atoms with Crippen molar-refractivity contribution in [3.63, 3.8) is 0 Å². The van der Waals surface area contributed by atoms with Crippen molar-refractivity contribution >= 4 is 26.7 Å². The van der Waals surface area contributed by atoms with Crippen molar-refractivity contribution in [2.24, 2.45) is 5.92 Å². The molecule has 3 rings (SSSR count). The zero-order valence-corrected chi connectivity index (χ0v) is 11.6. The maximum absolute atomic E-state index is 12.5. The molecule has 1 saturated heterocycles. The van der Waals surface area contributed by atoms with Crippen molar-refractivity contribution < 1.29 is 17.9 Å². The van der Waals surface area contributed by atoms with Crippen LogP contribution in [-0.4, -0.2) is 30.9 Å². The number of nitrogens with zero attached hydrogens (tertiary/aromatic N) is 2. The van der Waals surface area contributed by atoms with Crippen LogP contribution in [0.15, 0.2) is 18.2 Å². The zero-order valence-electron chi connectivity index (χ0n) is 10.8. The Morgan fingerprint density at radius 2 is 2.15 bits per heavy atom. The number of hydrogen-bond acceptors (Lipinski definition) is 4. The molecule has 2 aromatic rings. The molecule has 1 aromatic carbocycles. The van der Waals surface area contributed by atoms with Gasteiger partial charge in [-0.15, -0.1) is 0 Å². The van der Waals surface area contributed by atoms with Crippen molar-refractivity contribution in [3.8, 4) is 5.75 Å². The third-order valence-electron chi connectivity index (χ3n) is 3.27. The summed E-state index contributed by atoms with van der Waals surface area (Å²) in [6.07, 6.45) is -4.10. The molecule has 7 heteroatoms. The van der Waals surface area contributed by atoms with E-state index in [0.717, 1.165) is 16.0 Å². The number of alkyl halides is 3. The van der Waals surface area contributed by atoms with Crippen molar-refractivity contribution in [2.75, 3.05) is 24.6 Å². The molecular weight excluding hydrogens is 289 g/mol. The molecule has 0 saturated carbocycles. The number of thiazole rings is 1. The predicted octanol–water partition coefficient (Wildman–Crippen LogP) is 3.69. The fourth-order valence-corrected chi connectivity index (χ4v) is 3.14. The number of aromatic nitrogens is 1. The maximum Gasteiger partial charge on any atom is 0.395 e. The largest absolute Gasteiger partial charge is 0.494 e. The molecule has 108 valence electrons. The lowest BCUT2D eigenvalue weighted by atomic mass is 10.0. The van der Waals surface area contributed by atoms with Gasteiger partial charge in [-0.2, -0.15) is 13.2 Å². The zero-order chi connectivity index (χ0) is 14.3. The van der Waals surface area contributed by atoms with Crippen LogP contribution in [0.2, 0.25) is 0 Å². The lowest BCUT2D eigenvalue weighted by molar-refractivity contribution is -0.180. The molecule has 1 aliphatic heterocycles. The summed E-state index contributed by atoms with van der Waals surface area (Å²) in [6, 6.07) is 5.53. The number of ether oxygens (including phenoxy) is 1. The molecule has 0 atom stereocenters. The highest BCUT2D eigenvalue weighted by Gasteiger charge is 2.47. The summed E-state index contributed by atoms with van der Waals surface area (Å²) < 4.78 is 43.7. The lowest BCUT2D eigenvalue weighted by Crippen LogP contribution is -2.53. The van der Waals surface area contributed by atoms with Crippen LogP contribution in [0.5, 0.6) is 5.75 Å². The van der Waals surface area contributed by atoms with E-state index in [0.29, 0.717) is 11.7 Å². The van der Waals surface area contributed by atoms with Gasteiger partial charge in [-0.1, -0.05) is 11.3 Å². The number of fused-ring (bicyclic) bond motifs is 1. The van der Waals surface area contributed by atoms with Crippen LogP contribution in [0.1, 0.15) is 6.92 Å². The topological polar surface area (TPSA) is 25.4 Å². The Labute approximate surface area is 118 Å². The Bertz CT molecular complexity index is 620. The van der Waals surface area contributed by atoms with Gasteiger partial charge in [0.05, 0.1) is 22.7 Å². The maximum atomic E-state index is 12.5. The van der Waals surface area contributed by atoms with Gasteiger partial charge < -0.3 is 9.64 Å². The van der Waals surface area contributed by atoms with E-state index in [4.69, 9.17) is 4.74 Å². The molecule has 0 amide bonds. The van der Waals surface area contributed by atoms with E-state index in [2.05, 4.69) is 4.98 Å². The molecule has 0 unspecified atom stereocenters. The van der Waals surface area contributed by atoms with Crippen LogP contribution in [-0.2, 0) is 0 Å². The summed E-state index contributed by atoms with van der Waals surface area (Å²) in [5.74, 6) is -0.472. The quantitative estimate of drug-likeness (QED) is 0.864. The smallest absolute Gasteiger partial charge is 0.395 e. The number of rotatable bonds is 3. The van der Waals surface area contributed by atoms with Crippen molar-refractivity contribution in [1.82, 2.24) is 4.98 Å². The fourth-order valence-electron chi connectivity index (χ4n) is 2.13. The van der Waals surface area contributed by atoms with Crippen LogP contribution in [0.3, 0.4) is 0 Å². The van der Waals surface area contributed by atoms with Gasteiger partial charge in [-0.05, 0) is 25.1 Å². The first-order chi connectivity index (χ1) is 9.47. The first kappa shape index (κ1) is 13.5. The Kier molecular flexibility index (Phi) is 3.24. The van der Waals surface area contributed by atoms with Crippen LogP contribution in [0, 0.1) is 5.92 Å². The molecule has 1 aliphatic rings. The second kappa shape index (κ2) is 4.80. The second-order valence-corrected chi connectivity index (χ2v) is 5.71.